The molecule has 0 aliphatic carbocycles. The molecule has 0 atom stereocenters. The zero-order valence-corrected chi connectivity index (χ0v) is 9.04. The first kappa shape index (κ1) is 13.2. The van der Waals surface area contributed by atoms with Crippen LogP contribution in [-0.2, 0) is 4.74 Å². The van der Waals surface area contributed by atoms with Crippen LogP contribution in [0.3, 0.4) is 0 Å². The molecule has 0 spiro atoms. The lowest BCUT2D eigenvalue weighted by atomic mass is 10.2. The zero-order chi connectivity index (χ0) is 10.6. The number of ether oxygens (including phenoxy) is 1. The minimum absolute atomic E-state index is 0.302. The van der Waals surface area contributed by atoms with Gasteiger partial charge in [0, 0.05) is 19.6 Å². The number of hydrogen-bond donors (Lipinski definition) is 2. The fourth-order valence-corrected chi connectivity index (χ4v) is 1.12. The van der Waals surface area contributed by atoms with Crippen LogP contribution >= 0.6 is 0 Å². The van der Waals surface area contributed by atoms with E-state index in [0.29, 0.717) is 12.3 Å². The van der Waals surface area contributed by atoms with E-state index in [4.69, 9.17) is 15.7 Å². The monoisotopic (exact) mass is 202 g/mol. The van der Waals surface area contributed by atoms with Gasteiger partial charge in [-0.2, -0.15) is 0 Å². The summed E-state index contributed by atoms with van der Waals surface area (Å²) in [6.07, 6.45) is 6.16. The highest BCUT2D eigenvalue weighted by Gasteiger charge is 1.94. The summed E-state index contributed by atoms with van der Waals surface area (Å²) in [7, 11) is 0. The minimum atomic E-state index is 0.302. The van der Waals surface area contributed by atoms with E-state index in [0.717, 1.165) is 32.5 Å². The molecule has 0 unspecified atom stereocenters. The van der Waals surface area contributed by atoms with Gasteiger partial charge in [0.25, 0.3) is 0 Å². The molecule has 0 amide bonds. The third-order valence-electron chi connectivity index (χ3n) is 1.99. The predicted molar refractivity (Wildman–Crippen MR) is 57.6 cm³/mol. The second-order valence-corrected chi connectivity index (χ2v) is 3.37. The van der Waals surface area contributed by atoms with Crippen LogP contribution in [0.4, 0.5) is 0 Å². The van der Waals surface area contributed by atoms with Gasteiger partial charge in [-0.15, -0.1) is 0 Å². The molecular formula is C10H22N2O2. The summed E-state index contributed by atoms with van der Waals surface area (Å²) >= 11 is 0. The van der Waals surface area contributed by atoms with Crippen LogP contribution in [-0.4, -0.2) is 24.3 Å². The van der Waals surface area contributed by atoms with E-state index >= 15 is 0 Å². The Morgan fingerprint density at radius 2 is 1.86 bits per heavy atom. The molecule has 0 saturated heterocycles. The number of rotatable bonds is 9. The summed E-state index contributed by atoms with van der Waals surface area (Å²) in [5.74, 6) is 0.302. The fourth-order valence-electron chi connectivity index (χ4n) is 1.12. The van der Waals surface area contributed by atoms with Gasteiger partial charge in [0.05, 0.1) is 0 Å². The van der Waals surface area contributed by atoms with E-state index in [1.54, 1.807) is 0 Å². The number of oxime groups is 1. The van der Waals surface area contributed by atoms with Crippen LogP contribution in [0.15, 0.2) is 5.16 Å². The molecule has 0 radical (unpaired) electrons. The second kappa shape index (κ2) is 10.3. The molecule has 0 aromatic carbocycles. The molecule has 0 aromatic heterocycles. The quantitative estimate of drug-likeness (QED) is 0.198. The van der Waals surface area contributed by atoms with Crippen molar-refractivity contribution in [1.82, 2.24) is 0 Å². The lowest BCUT2D eigenvalue weighted by molar-refractivity contribution is 0.127. The van der Waals surface area contributed by atoms with E-state index < -0.39 is 0 Å². The van der Waals surface area contributed by atoms with E-state index in [-0.39, 0.29) is 0 Å². The molecule has 0 saturated carbocycles. The van der Waals surface area contributed by atoms with Crippen molar-refractivity contribution < 1.29 is 9.94 Å². The number of hydrogen-bond acceptors (Lipinski definition) is 3. The van der Waals surface area contributed by atoms with Crippen molar-refractivity contribution in [2.24, 2.45) is 10.9 Å². The van der Waals surface area contributed by atoms with Crippen molar-refractivity contribution in [2.75, 3.05) is 13.2 Å². The van der Waals surface area contributed by atoms with Crippen LogP contribution < -0.4 is 5.73 Å². The molecule has 4 nitrogen and oxygen atoms in total. The maximum atomic E-state index is 8.27. The highest BCUT2D eigenvalue weighted by atomic mass is 16.5. The SMILES string of the molecule is CCCCCOCCCC/C(N)=N/O. The highest BCUT2D eigenvalue weighted by Crippen LogP contribution is 1.98. The van der Waals surface area contributed by atoms with Crippen LogP contribution in [0.1, 0.15) is 45.4 Å². The van der Waals surface area contributed by atoms with Gasteiger partial charge in [-0.05, 0) is 19.3 Å². The maximum absolute atomic E-state index is 8.27. The van der Waals surface area contributed by atoms with Gasteiger partial charge in [-0.25, -0.2) is 0 Å². The van der Waals surface area contributed by atoms with E-state index in [9.17, 15) is 0 Å². The first-order valence-corrected chi connectivity index (χ1v) is 5.35. The summed E-state index contributed by atoms with van der Waals surface area (Å²) in [4.78, 5) is 0. The third-order valence-corrected chi connectivity index (χ3v) is 1.99. The topological polar surface area (TPSA) is 67.8 Å². The molecule has 3 N–H and O–H groups in total. The Morgan fingerprint density at radius 3 is 2.43 bits per heavy atom. The molecule has 0 aliphatic heterocycles. The molecule has 0 rings (SSSR count). The maximum Gasteiger partial charge on any atom is 0.139 e. The lowest BCUT2D eigenvalue weighted by Crippen LogP contribution is -2.11. The number of amidine groups is 1. The first-order valence-electron chi connectivity index (χ1n) is 5.35. The summed E-state index contributed by atoms with van der Waals surface area (Å²) in [6, 6.07) is 0. The predicted octanol–water partition coefficient (Wildman–Crippen LogP) is 2.11. The van der Waals surface area contributed by atoms with Crippen LogP contribution in [0.2, 0.25) is 0 Å². The molecule has 0 aromatic rings. The van der Waals surface area contributed by atoms with Gasteiger partial charge in [0.2, 0.25) is 0 Å². The molecule has 0 fully saturated rings. The highest BCUT2D eigenvalue weighted by molar-refractivity contribution is 5.79. The summed E-state index contributed by atoms with van der Waals surface area (Å²) in [6.45, 7) is 3.82. The van der Waals surface area contributed by atoms with Crippen molar-refractivity contribution >= 4 is 5.84 Å². The smallest absolute Gasteiger partial charge is 0.139 e. The zero-order valence-electron chi connectivity index (χ0n) is 9.04. The Hall–Kier alpha value is -0.770. The second-order valence-electron chi connectivity index (χ2n) is 3.37. The van der Waals surface area contributed by atoms with Crippen molar-refractivity contribution in [2.45, 2.75) is 45.4 Å². The normalized spacial score (nSPS) is 11.9. The Morgan fingerprint density at radius 1 is 1.21 bits per heavy atom. The average molecular weight is 202 g/mol. The Kier molecular flexibility index (Phi) is 9.74. The fraction of sp³-hybridized carbons (Fsp3) is 0.900. The summed E-state index contributed by atoms with van der Waals surface area (Å²) < 4.78 is 5.41. The first-order chi connectivity index (χ1) is 6.81. The minimum Gasteiger partial charge on any atom is -0.409 e. The third kappa shape index (κ3) is 9.32. The largest absolute Gasteiger partial charge is 0.409 e. The van der Waals surface area contributed by atoms with Crippen LogP contribution in [0, 0.1) is 0 Å². The Bertz CT molecular complexity index is 149. The molecular weight excluding hydrogens is 180 g/mol. The van der Waals surface area contributed by atoms with Crippen molar-refractivity contribution in [3.63, 3.8) is 0 Å². The summed E-state index contributed by atoms with van der Waals surface area (Å²) in [5.41, 5.74) is 5.31. The van der Waals surface area contributed by atoms with E-state index in [1.807, 2.05) is 0 Å². The molecule has 0 heterocycles. The molecule has 0 bridgehead atoms. The Balaban J connectivity index is 2.99. The number of unbranched alkanes of at least 4 members (excludes halogenated alkanes) is 3. The number of nitrogens with zero attached hydrogens (tertiary/aromatic N) is 1. The van der Waals surface area contributed by atoms with Gasteiger partial charge in [-0.1, -0.05) is 24.9 Å². The van der Waals surface area contributed by atoms with Crippen LogP contribution in [0.25, 0.3) is 0 Å². The van der Waals surface area contributed by atoms with Crippen molar-refractivity contribution in [1.29, 1.82) is 0 Å². The van der Waals surface area contributed by atoms with E-state index in [2.05, 4.69) is 12.1 Å². The van der Waals surface area contributed by atoms with Crippen LogP contribution in [0.5, 0.6) is 0 Å². The van der Waals surface area contributed by atoms with Crippen molar-refractivity contribution in [3.05, 3.63) is 0 Å². The average Bonchev–Trinajstić information content (AvgIpc) is 2.21. The molecule has 0 aliphatic rings. The Labute approximate surface area is 86.1 Å². The lowest BCUT2D eigenvalue weighted by Gasteiger charge is -2.03. The van der Waals surface area contributed by atoms with Gasteiger partial charge >= 0.3 is 0 Å². The van der Waals surface area contributed by atoms with Gasteiger partial charge in [0.15, 0.2) is 0 Å². The number of nitrogens with two attached hydrogens (primary N) is 1. The molecule has 4 heteroatoms. The van der Waals surface area contributed by atoms with Gasteiger partial charge in [-0.3, -0.25) is 0 Å². The van der Waals surface area contributed by atoms with E-state index in [1.165, 1.54) is 12.8 Å². The van der Waals surface area contributed by atoms with Gasteiger partial charge < -0.3 is 15.7 Å². The standard InChI is InChI=1S/C10H22N2O2/c1-2-3-5-8-14-9-6-4-7-10(11)12-13/h13H,2-9H2,1H3,(H2,11,12). The molecule has 84 valence electrons. The van der Waals surface area contributed by atoms with Gasteiger partial charge in [0.1, 0.15) is 5.84 Å². The summed E-state index contributed by atoms with van der Waals surface area (Å²) in [5, 5.41) is 11.2. The van der Waals surface area contributed by atoms with Crippen molar-refractivity contribution in [3.8, 4) is 0 Å². The molecule has 14 heavy (non-hydrogen) atoms.